The Morgan fingerprint density at radius 3 is 2.00 bits per heavy atom. The maximum absolute atomic E-state index is 12.9. The molecule has 6 nitrogen and oxygen atoms in total. The highest BCUT2D eigenvalue weighted by molar-refractivity contribution is 5.81. The molecule has 3 aromatic rings. The number of amides is 1. The Kier molecular flexibility index (Phi) is 9.86. The van der Waals surface area contributed by atoms with E-state index in [1.165, 1.54) is 16.7 Å². The molecule has 0 saturated heterocycles. The number of alkyl carbamates (subject to hydrolysis) is 1. The van der Waals surface area contributed by atoms with Crippen LogP contribution in [0.1, 0.15) is 54.2 Å². The van der Waals surface area contributed by atoms with E-state index < -0.39 is 23.7 Å². The van der Waals surface area contributed by atoms with Crippen molar-refractivity contribution in [2.24, 2.45) is 0 Å². The summed E-state index contributed by atoms with van der Waals surface area (Å²) in [6, 6.07) is 23.2. The summed E-state index contributed by atoms with van der Waals surface area (Å²) in [7, 11) is 0. The molecule has 0 aliphatic rings. The van der Waals surface area contributed by atoms with Gasteiger partial charge in [-0.15, -0.1) is 0 Å². The van der Waals surface area contributed by atoms with Crippen molar-refractivity contribution in [1.29, 1.82) is 0 Å². The summed E-state index contributed by atoms with van der Waals surface area (Å²) in [4.78, 5) is 25.2. The quantitative estimate of drug-likeness (QED) is 0.344. The largest absolute Gasteiger partial charge is 0.459 e. The molecule has 0 heterocycles. The molecule has 0 saturated carbocycles. The normalized spacial score (nSPS) is 12.0. The second kappa shape index (κ2) is 13.1. The van der Waals surface area contributed by atoms with Crippen LogP contribution in [-0.4, -0.2) is 23.7 Å². The van der Waals surface area contributed by atoms with Crippen LogP contribution in [0.5, 0.6) is 0 Å². The third-order valence-electron chi connectivity index (χ3n) is 5.60. The number of carbonyl (C=O) groups excluding carboxylic acids is 2. The van der Waals surface area contributed by atoms with E-state index in [-0.39, 0.29) is 6.61 Å². The van der Waals surface area contributed by atoms with Crippen molar-refractivity contribution in [2.75, 3.05) is 0 Å². The molecule has 1 atom stereocenters. The summed E-state index contributed by atoms with van der Waals surface area (Å²) in [6.45, 7) is 11.2. The van der Waals surface area contributed by atoms with Gasteiger partial charge >= 0.3 is 12.1 Å². The molecule has 196 valence electrons. The van der Waals surface area contributed by atoms with Gasteiger partial charge in [0, 0.05) is 19.5 Å². The predicted molar refractivity (Wildman–Crippen MR) is 146 cm³/mol. The summed E-state index contributed by atoms with van der Waals surface area (Å²) in [5.41, 5.74) is 6.08. The fraction of sp³-hybridized carbons (Fsp3) is 0.355. The number of esters is 1. The summed E-state index contributed by atoms with van der Waals surface area (Å²) in [6.07, 6.45) is -0.340. The first-order chi connectivity index (χ1) is 17.6. The molecular weight excluding hydrogens is 464 g/mol. The Hall–Kier alpha value is -3.64. The molecule has 0 unspecified atom stereocenters. The zero-order chi connectivity index (χ0) is 26.8. The van der Waals surface area contributed by atoms with Crippen molar-refractivity contribution in [3.05, 3.63) is 106 Å². The molecular formula is C31H38N2O4. The van der Waals surface area contributed by atoms with Crippen molar-refractivity contribution in [3.63, 3.8) is 0 Å². The fourth-order valence-electron chi connectivity index (χ4n) is 4.02. The molecule has 6 heteroatoms. The smallest absolute Gasteiger partial charge is 0.408 e. The Morgan fingerprint density at radius 1 is 0.784 bits per heavy atom. The van der Waals surface area contributed by atoms with Crippen LogP contribution in [0, 0.1) is 13.8 Å². The topological polar surface area (TPSA) is 76.7 Å². The first-order valence-corrected chi connectivity index (χ1v) is 12.6. The van der Waals surface area contributed by atoms with Gasteiger partial charge in [0.25, 0.3) is 0 Å². The van der Waals surface area contributed by atoms with E-state index in [2.05, 4.69) is 42.7 Å². The van der Waals surface area contributed by atoms with Gasteiger partial charge in [0.2, 0.25) is 0 Å². The van der Waals surface area contributed by atoms with Gasteiger partial charge in [0.1, 0.15) is 18.2 Å². The lowest BCUT2D eigenvalue weighted by Crippen LogP contribution is -2.45. The summed E-state index contributed by atoms with van der Waals surface area (Å²) >= 11 is 0. The summed E-state index contributed by atoms with van der Waals surface area (Å²) < 4.78 is 10.9. The Morgan fingerprint density at radius 2 is 1.38 bits per heavy atom. The average Bonchev–Trinajstić information content (AvgIpc) is 2.82. The molecule has 1 amide bonds. The van der Waals surface area contributed by atoms with E-state index >= 15 is 0 Å². The zero-order valence-corrected chi connectivity index (χ0v) is 22.5. The second-order valence-corrected chi connectivity index (χ2v) is 10.4. The van der Waals surface area contributed by atoms with Gasteiger partial charge in [-0.2, -0.15) is 0 Å². The maximum atomic E-state index is 12.9. The van der Waals surface area contributed by atoms with Crippen LogP contribution in [0.25, 0.3) is 0 Å². The van der Waals surface area contributed by atoms with Crippen molar-refractivity contribution < 1.29 is 19.1 Å². The molecule has 0 radical (unpaired) electrons. The van der Waals surface area contributed by atoms with Crippen LogP contribution in [-0.2, 0) is 40.4 Å². The predicted octanol–water partition coefficient (Wildman–Crippen LogP) is 5.77. The van der Waals surface area contributed by atoms with Crippen LogP contribution in [0.15, 0.2) is 72.8 Å². The minimum Gasteiger partial charge on any atom is -0.459 e. The highest BCUT2D eigenvalue weighted by Gasteiger charge is 2.26. The molecule has 0 aromatic heterocycles. The standard InChI is InChI=1S/C31H38N2O4/c1-22-15-23(2)17-27(16-22)20-32-19-25-11-13-26(14-12-25)21-36-29(34)28(18-24-9-7-6-8-10-24)33-30(35)37-31(3,4)5/h6-17,28,32H,18-21H2,1-5H3,(H,33,35)/t28-/m0/s1. The molecule has 2 N–H and O–H groups in total. The number of nitrogens with one attached hydrogen (secondary N) is 2. The SMILES string of the molecule is Cc1cc(C)cc(CNCc2ccc(COC(=O)[C@H](Cc3ccccc3)NC(=O)OC(C)(C)C)cc2)c1. The number of ether oxygens (including phenoxy) is 2. The highest BCUT2D eigenvalue weighted by atomic mass is 16.6. The monoisotopic (exact) mass is 502 g/mol. The van der Waals surface area contributed by atoms with Crippen molar-refractivity contribution >= 4 is 12.1 Å². The van der Waals surface area contributed by atoms with E-state index in [1.54, 1.807) is 20.8 Å². The Balaban J connectivity index is 1.53. The molecule has 37 heavy (non-hydrogen) atoms. The van der Waals surface area contributed by atoms with Crippen LogP contribution >= 0.6 is 0 Å². The van der Waals surface area contributed by atoms with E-state index in [1.807, 2.05) is 54.6 Å². The lowest BCUT2D eigenvalue weighted by Gasteiger charge is -2.23. The van der Waals surface area contributed by atoms with Crippen molar-refractivity contribution in [1.82, 2.24) is 10.6 Å². The van der Waals surface area contributed by atoms with Gasteiger partial charge in [-0.25, -0.2) is 9.59 Å². The molecule has 0 aliphatic carbocycles. The van der Waals surface area contributed by atoms with E-state index in [9.17, 15) is 9.59 Å². The van der Waals surface area contributed by atoms with Crippen LogP contribution < -0.4 is 10.6 Å². The molecule has 0 bridgehead atoms. The Labute approximate surface area is 220 Å². The van der Waals surface area contributed by atoms with Gasteiger partial charge < -0.3 is 20.1 Å². The van der Waals surface area contributed by atoms with Crippen LogP contribution in [0.3, 0.4) is 0 Å². The third-order valence-corrected chi connectivity index (χ3v) is 5.60. The van der Waals surface area contributed by atoms with E-state index in [0.29, 0.717) is 6.42 Å². The van der Waals surface area contributed by atoms with Gasteiger partial charge in [-0.1, -0.05) is 83.9 Å². The first kappa shape index (κ1) is 27.9. The molecule has 0 fully saturated rings. The number of hydrogen-bond donors (Lipinski definition) is 2. The molecule has 0 aliphatic heterocycles. The van der Waals surface area contributed by atoms with Gasteiger partial charge in [0.15, 0.2) is 0 Å². The molecule has 3 rings (SSSR count). The van der Waals surface area contributed by atoms with Crippen molar-refractivity contribution in [2.45, 2.75) is 72.4 Å². The van der Waals surface area contributed by atoms with Crippen LogP contribution in [0.2, 0.25) is 0 Å². The van der Waals surface area contributed by atoms with Crippen LogP contribution in [0.4, 0.5) is 4.79 Å². The summed E-state index contributed by atoms with van der Waals surface area (Å²) in [5.74, 6) is -0.506. The number of carbonyl (C=O) groups is 2. The van der Waals surface area contributed by atoms with Crippen molar-refractivity contribution in [3.8, 4) is 0 Å². The number of hydrogen-bond acceptors (Lipinski definition) is 5. The van der Waals surface area contributed by atoms with Gasteiger partial charge in [-0.3, -0.25) is 0 Å². The maximum Gasteiger partial charge on any atom is 0.408 e. The number of aryl methyl sites for hydroxylation is 2. The highest BCUT2D eigenvalue weighted by Crippen LogP contribution is 2.12. The fourth-order valence-corrected chi connectivity index (χ4v) is 4.02. The second-order valence-electron chi connectivity index (χ2n) is 10.4. The van der Waals surface area contributed by atoms with Gasteiger partial charge in [-0.05, 0) is 56.9 Å². The number of rotatable bonds is 10. The molecule has 0 spiro atoms. The first-order valence-electron chi connectivity index (χ1n) is 12.6. The third kappa shape index (κ3) is 10.1. The van der Waals surface area contributed by atoms with E-state index in [4.69, 9.17) is 9.47 Å². The zero-order valence-electron chi connectivity index (χ0n) is 22.5. The minimum absolute atomic E-state index is 0.121. The van der Waals surface area contributed by atoms with Gasteiger partial charge in [0.05, 0.1) is 0 Å². The average molecular weight is 503 g/mol. The molecule has 3 aromatic carbocycles. The lowest BCUT2D eigenvalue weighted by molar-refractivity contribution is -0.147. The lowest BCUT2D eigenvalue weighted by atomic mass is 10.1. The van der Waals surface area contributed by atoms with E-state index in [0.717, 1.165) is 29.8 Å². The number of benzene rings is 3. The summed E-state index contributed by atoms with van der Waals surface area (Å²) in [5, 5.41) is 6.14. The minimum atomic E-state index is -0.856. The Bertz CT molecular complexity index is 1150.